The number of carbonyl (C=O) groups excluding carboxylic acids is 2. The summed E-state index contributed by atoms with van der Waals surface area (Å²) in [5, 5.41) is 13.1. The third-order valence-electron chi connectivity index (χ3n) is 2.93. The first-order chi connectivity index (χ1) is 9.02. The number of nitrogens with zero attached hydrogens (tertiary/aromatic N) is 3. The lowest BCUT2D eigenvalue weighted by atomic mass is 10.4. The Morgan fingerprint density at radius 3 is 2.68 bits per heavy atom. The molecule has 1 heterocycles. The quantitative estimate of drug-likeness (QED) is 0.791. The van der Waals surface area contributed by atoms with Crippen LogP contribution in [0.5, 0.6) is 0 Å². The van der Waals surface area contributed by atoms with Crippen LogP contribution in [0, 0.1) is 0 Å². The monoisotopic (exact) mass is 283 g/mol. The van der Waals surface area contributed by atoms with Crippen LogP contribution in [0.1, 0.15) is 31.5 Å². The zero-order valence-electron chi connectivity index (χ0n) is 11.1. The average molecular weight is 283 g/mol. The Morgan fingerprint density at radius 1 is 1.42 bits per heavy atom. The lowest BCUT2D eigenvalue weighted by molar-refractivity contribution is -0.119. The maximum Gasteiger partial charge on any atom is 0.321 e. The fourth-order valence-corrected chi connectivity index (χ4v) is 2.44. The van der Waals surface area contributed by atoms with Gasteiger partial charge in [-0.05, 0) is 19.8 Å². The number of rotatable bonds is 4. The van der Waals surface area contributed by atoms with Gasteiger partial charge >= 0.3 is 6.03 Å². The molecule has 0 aromatic carbocycles. The molecule has 0 radical (unpaired) electrons. The highest BCUT2D eigenvalue weighted by molar-refractivity contribution is 8.00. The fourth-order valence-electron chi connectivity index (χ4n) is 1.61. The highest BCUT2D eigenvalue weighted by atomic mass is 32.2. The summed E-state index contributed by atoms with van der Waals surface area (Å²) in [7, 11) is 3.37. The van der Waals surface area contributed by atoms with Gasteiger partial charge in [0.1, 0.15) is 5.82 Å². The summed E-state index contributed by atoms with van der Waals surface area (Å²) in [6.07, 6.45) is 2.31. The van der Waals surface area contributed by atoms with E-state index >= 15 is 0 Å². The maximum absolute atomic E-state index is 11.7. The van der Waals surface area contributed by atoms with Crippen molar-refractivity contribution in [2.24, 2.45) is 7.05 Å². The van der Waals surface area contributed by atoms with E-state index in [4.69, 9.17) is 0 Å². The molecule has 1 aliphatic rings. The van der Waals surface area contributed by atoms with Crippen LogP contribution in [-0.2, 0) is 11.8 Å². The number of amides is 3. The number of aromatic nitrogens is 3. The minimum atomic E-state index is -0.505. The van der Waals surface area contributed by atoms with Crippen LogP contribution in [0.15, 0.2) is 5.16 Å². The predicted octanol–water partition coefficient (Wildman–Crippen LogP) is 0.629. The van der Waals surface area contributed by atoms with E-state index in [2.05, 4.69) is 20.8 Å². The molecule has 7 nitrogen and oxygen atoms in total. The van der Waals surface area contributed by atoms with E-state index in [1.165, 1.54) is 18.8 Å². The number of hydrogen-bond acceptors (Lipinski definition) is 5. The Balaban J connectivity index is 1.96. The first-order valence-corrected chi connectivity index (χ1v) is 6.99. The standard InChI is InChI=1S/C11H17N5O2S/c1-6(9(17)13-10(18)12-2)19-11-15-14-8(16(11)3)7-4-5-7/h6-7H,4-5H2,1-3H3,(H2,12,13,17,18). The number of nitrogens with one attached hydrogen (secondary N) is 2. The van der Waals surface area contributed by atoms with Gasteiger partial charge in [0.15, 0.2) is 5.16 Å². The SMILES string of the molecule is CNC(=O)NC(=O)C(C)Sc1nnc(C2CC2)n1C. The molecule has 2 rings (SSSR count). The topological polar surface area (TPSA) is 88.9 Å². The summed E-state index contributed by atoms with van der Waals surface area (Å²) in [4.78, 5) is 22.8. The molecule has 2 N–H and O–H groups in total. The molecule has 1 unspecified atom stereocenters. The second-order valence-corrected chi connectivity index (χ2v) is 5.81. The van der Waals surface area contributed by atoms with Crippen LogP contribution >= 0.6 is 11.8 Å². The molecule has 1 fully saturated rings. The first-order valence-electron chi connectivity index (χ1n) is 6.11. The predicted molar refractivity (Wildman–Crippen MR) is 70.9 cm³/mol. The Labute approximate surface area is 115 Å². The molecule has 19 heavy (non-hydrogen) atoms. The molecule has 1 saturated carbocycles. The van der Waals surface area contributed by atoms with Gasteiger partial charge in [0, 0.05) is 20.0 Å². The average Bonchev–Trinajstić information content (AvgIpc) is 3.16. The molecule has 1 atom stereocenters. The zero-order chi connectivity index (χ0) is 14.0. The Kier molecular flexibility index (Phi) is 4.08. The third-order valence-corrected chi connectivity index (χ3v) is 4.06. The van der Waals surface area contributed by atoms with Gasteiger partial charge in [-0.3, -0.25) is 10.1 Å². The van der Waals surface area contributed by atoms with Crippen LogP contribution in [0.2, 0.25) is 0 Å². The van der Waals surface area contributed by atoms with E-state index in [1.807, 2.05) is 11.6 Å². The molecular formula is C11H17N5O2S. The normalized spacial score (nSPS) is 15.9. The zero-order valence-corrected chi connectivity index (χ0v) is 12.0. The largest absolute Gasteiger partial charge is 0.341 e. The van der Waals surface area contributed by atoms with Crippen molar-refractivity contribution < 1.29 is 9.59 Å². The van der Waals surface area contributed by atoms with Gasteiger partial charge in [-0.2, -0.15) is 0 Å². The number of urea groups is 1. The third kappa shape index (κ3) is 3.25. The summed E-state index contributed by atoms with van der Waals surface area (Å²) < 4.78 is 1.92. The van der Waals surface area contributed by atoms with Crippen LogP contribution in [0.4, 0.5) is 4.79 Å². The molecule has 1 aromatic heterocycles. The number of imide groups is 1. The van der Waals surface area contributed by atoms with Gasteiger partial charge in [-0.15, -0.1) is 10.2 Å². The summed E-state index contributed by atoms with van der Waals surface area (Å²) in [6.45, 7) is 1.73. The van der Waals surface area contributed by atoms with E-state index in [9.17, 15) is 9.59 Å². The van der Waals surface area contributed by atoms with Crippen LogP contribution in [0.3, 0.4) is 0 Å². The highest BCUT2D eigenvalue weighted by Crippen LogP contribution is 2.39. The smallest absolute Gasteiger partial charge is 0.321 e. The molecule has 3 amide bonds. The fraction of sp³-hybridized carbons (Fsp3) is 0.636. The van der Waals surface area contributed by atoms with Crippen LogP contribution in [0.25, 0.3) is 0 Å². The summed E-state index contributed by atoms with van der Waals surface area (Å²) >= 11 is 1.29. The van der Waals surface area contributed by atoms with Gasteiger partial charge in [0.25, 0.3) is 0 Å². The molecule has 104 valence electrons. The second kappa shape index (κ2) is 5.60. The number of hydrogen-bond donors (Lipinski definition) is 2. The van der Waals surface area contributed by atoms with Crippen molar-refractivity contribution in [2.45, 2.75) is 36.1 Å². The van der Waals surface area contributed by atoms with E-state index < -0.39 is 11.3 Å². The van der Waals surface area contributed by atoms with Gasteiger partial charge in [0.2, 0.25) is 5.91 Å². The Morgan fingerprint density at radius 2 is 2.11 bits per heavy atom. The van der Waals surface area contributed by atoms with Crippen LogP contribution in [-0.4, -0.2) is 39.0 Å². The van der Waals surface area contributed by atoms with Crippen molar-refractivity contribution in [1.82, 2.24) is 25.4 Å². The van der Waals surface area contributed by atoms with Gasteiger partial charge in [-0.25, -0.2) is 4.79 Å². The number of carbonyl (C=O) groups is 2. The van der Waals surface area contributed by atoms with Crippen molar-refractivity contribution in [3.63, 3.8) is 0 Å². The first kappa shape index (κ1) is 13.9. The minimum absolute atomic E-state index is 0.347. The van der Waals surface area contributed by atoms with Crippen molar-refractivity contribution >= 4 is 23.7 Å². The van der Waals surface area contributed by atoms with E-state index in [-0.39, 0.29) is 5.91 Å². The second-order valence-electron chi connectivity index (χ2n) is 4.50. The van der Waals surface area contributed by atoms with Crippen molar-refractivity contribution in [2.75, 3.05) is 7.05 Å². The Bertz CT molecular complexity index is 497. The molecule has 0 aliphatic heterocycles. The molecule has 0 bridgehead atoms. The molecular weight excluding hydrogens is 266 g/mol. The van der Waals surface area contributed by atoms with E-state index in [1.54, 1.807) is 6.92 Å². The summed E-state index contributed by atoms with van der Waals surface area (Å²) in [5.41, 5.74) is 0. The van der Waals surface area contributed by atoms with Gasteiger partial charge in [0.05, 0.1) is 5.25 Å². The van der Waals surface area contributed by atoms with Crippen molar-refractivity contribution in [1.29, 1.82) is 0 Å². The van der Waals surface area contributed by atoms with Crippen molar-refractivity contribution in [3.8, 4) is 0 Å². The minimum Gasteiger partial charge on any atom is -0.341 e. The van der Waals surface area contributed by atoms with Crippen molar-refractivity contribution in [3.05, 3.63) is 5.82 Å². The highest BCUT2D eigenvalue weighted by Gasteiger charge is 2.30. The lowest BCUT2D eigenvalue weighted by Crippen LogP contribution is -2.41. The van der Waals surface area contributed by atoms with Gasteiger partial charge in [-0.1, -0.05) is 11.8 Å². The summed E-state index contributed by atoms with van der Waals surface area (Å²) in [5.74, 6) is 1.14. The molecule has 1 aliphatic carbocycles. The maximum atomic E-state index is 11.7. The molecule has 0 saturated heterocycles. The van der Waals surface area contributed by atoms with E-state index in [0.717, 1.165) is 18.7 Å². The van der Waals surface area contributed by atoms with Gasteiger partial charge < -0.3 is 9.88 Å². The van der Waals surface area contributed by atoms with Crippen LogP contribution < -0.4 is 10.6 Å². The molecule has 0 spiro atoms. The number of thioether (sulfide) groups is 1. The summed E-state index contributed by atoms with van der Waals surface area (Å²) in [6, 6.07) is -0.505. The molecule has 1 aromatic rings. The Hall–Kier alpha value is -1.57. The van der Waals surface area contributed by atoms with E-state index in [0.29, 0.717) is 11.1 Å². The lowest BCUT2D eigenvalue weighted by Gasteiger charge is -2.10. The molecule has 8 heteroatoms.